The smallest absolute Gasteiger partial charge is 0.378 e. The summed E-state index contributed by atoms with van der Waals surface area (Å²) in [7, 11) is 0. The van der Waals surface area contributed by atoms with Crippen molar-refractivity contribution in [1.29, 1.82) is 0 Å². The van der Waals surface area contributed by atoms with Crippen molar-refractivity contribution in [2.45, 2.75) is 31.0 Å². The van der Waals surface area contributed by atoms with E-state index in [0.717, 1.165) is 6.42 Å². The summed E-state index contributed by atoms with van der Waals surface area (Å²) >= 11 is 0. The highest BCUT2D eigenvalue weighted by Crippen LogP contribution is 2.48. The maximum atomic E-state index is 12.5. The van der Waals surface area contributed by atoms with Gasteiger partial charge < -0.3 is 5.11 Å². The van der Waals surface area contributed by atoms with Crippen molar-refractivity contribution in [3.63, 3.8) is 0 Å². The molecule has 92 valence electrons. The molecule has 0 aromatic rings. The molecule has 4 atom stereocenters. The molecule has 0 spiro atoms. The first-order chi connectivity index (χ1) is 7.36. The molecule has 0 radical (unpaired) electrons. The zero-order valence-corrected chi connectivity index (χ0v) is 8.67. The van der Waals surface area contributed by atoms with Crippen molar-refractivity contribution in [1.82, 2.24) is 0 Å². The third-order valence-corrected chi connectivity index (χ3v) is 3.76. The van der Waals surface area contributed by atoms with Crippen LogP contribution in [0.3, 0.4) is 0 Å². The summed E-state index contributed by atoms with van der Waals surface area (Å²) in [5.74, 6) is 0.176. The maximum absolute atomic E-state index is 12.5. The highest BCUT2D eigenvalue weighted by atomic mass is 19.4. The Balaban J connectivity index is 2.05. The van der Waals surface area contributed by atoms with Crippen LogP contribution in [0, 0.1) is 17.8 Å². The van der Waals surface area contributed by atoms with Gasteiger partial charge in [-0.25, -0.2) is 4.39 Å². The molecule has 1 saturated carbocycles. The van der Waals surface area contributed by atoms with E-state index in [4.69, 9.17) is 0 Å². The van der Waals surface area contributed by atoms with Gasteiger partial charge in [-0.2, -0.15) is 13.2 Å². The number of fused-ring (bicyclic) bond motifs is 2. The van der Waals surface area contributed by atoms with Gasteiger partial charge in [-0.15, -0.1) is 0 Å². The SMILES string of the molecule is OC(CF)(CC1CC2C=CC1C2)C(F)(F)F. The second kappa shape index (κ2) is 3.72. The van der Waals surface area contributed by atoms with E-state index < -0.39 is 24.9 Å². The molecule has 1 fully saturated rings. The van der Waals surface area contributed by atoms with Crippen molar-refractivity contribution in [3.8, 4) is 0 Å². The zero-order chi connectivity index (χ0) is 12.0. The average Bonchev–Trinajstić information content (AvgIpc) is 2.77. The van der Waals surface area contributed by atoms with Crippen LogP contribution >= 0.6 is 0 Å². The number of alkyl halides is 4. The molecule has 0 amide bonds. The third-order valence-electron chi connectivity index (χ3n) is 3.76. The van der Waals surface area contributed by atoms with Crippen molar-refractivity contribution in [2.24, 2.45) is 17.8 Å². The number of aliphatic hydroxyl groups is 1. The first kappa shape index (κ1) is 11.9. The summed E-state index contributed by atoms with van der Waals surface area (Å²) in [6.45, 7) is -1.76. The molecule has 0 aromatic heterocycles. The molecule has 2 aliphatic carbocycles. The van der Waals surface area contributed by atoms with E-state index in [2.05, 4.69) is 0 Å². The van der Waals surface area contributed by atoms with Crippen molar-refractivity contribution >= 4 is 0 Å². The van der Waals surface area contributed by atoms with Gasteiger partial charge in [0.1, 0.15) is 6.67 Å². The Morgan fingerprint density at radius 3 is 2.25 bits per heavy atom. The molecule has 0 saturated heterocycles. The Morgan fingerprint density at radius 1 is 1.19 bits per heavy atom. The molecule has 1 N–H and O–H groups in total. The van der Waals surface area contributed by atoms with E-state index in [9.17, 15) is 22.7 Å². The molecule has 0 aliphatic heterocycles. The first-order valence-electron chi connectivity index (χ1n) is 5.39. The van der Waals surface area contributed by atoms with Gasteiger partial charge in [-0.3, -0.25) is 0 Å². The molecule has 2 aliphatic rings. The van der Waals surface area contributed by atoms with Gasteiger partial charge in [0, 0.05) is 0 Å². The lowest BCUT2D eigenvalue weighted by molar-refractivity contribution is -0.271. The highest BCUT2D eigenvalue weighted by Gasteiger charge is 2.56. The van der Waals surface area contributed by atoms with Crippen LogP contribution in [-0.2, 0) is 0 Å². The van der Waals surface area contributed by atoms with Crippen LogP contribution in [0.2, 0.25) is 0 Å². The Morgan fingerprint density at radius 2 is 1.88 bits per heavy atom. The van der Waals surface area contributed by atoms with Gasteiger partial charge >= 0.3 is 6.18 Å². The molecule has 2 rings (SSSR count). The van der Waals surface area contributed by atoms with Crippen molar-refractivity contribution in [2.75, 3.05) is 6.67 Å². The van der Waals surface area contributed by atoms with Gasteiger partial charge in [0.15, 0.2) is 5.60 Å². The van der Waals surface area contributed by atoms with Crippen LogP contribution in [0.15, 0.2) is 12.2 Å². The maximum Gasteiger partial charge on any atom is 0.419 e. The highest BCUT2D eigenvalue weighted by molar-refractivity contribution is 5.11. The molecule has 16 heavy (non-hydrogen) atoms. The van der Waals surface area contributed by atoms with Gasteiger partial charge in [0.2, 0.25) is 0 Å². The van der Waals surface area contributed by atoms with E-state index in [1.54, 1.807) is 0 Å². The van der Waals surface area contributed by atoms with E-state index in [1.807, 2.05) is 12.2 Å². The summed E-state index contributed by atoms with van der Waals surface area (Å²) in [6.07, 6.45) is -0.00658. The van der Waals surface area contributed by atoms with Crippen LogP contribution in [0.4, 0.5) is 17.6 Å². The lowest BCUT2D eigenvalue weighted by Gasteiger charge is -2.32. The van der Waals surface area contributed by atoms with E-state index >= 15 is 0 Å². The number of allylic oxidation sites excluding steroid dienone is 2. The minimum Gasteiger partial charge on any atom is -0.378 e. The standard InChI is InChI=1S/C11H14F4O/c12-6-10(16,11(13,14)15)5-9-4-7-1-2-8(9)3-7/h1-2,7-9,16H,3-6H2. The molecule has 1 nitrogen and oxygen atoms in total. The average molecular weight is 238 g/mol. The monoisotopic (exact) mass is 238 g/mol. The third kappa shape index (κ3) is 1.85. The van der Waals surface area contributed by atoms with Crippen LogP contribution < -0.4 is 0 Å². The fraction of sp³-hybridized carbons (Fsp3) is 0.818. The summed E-state index contributed by atoms with van der Waals surface area (Å²) in [5.41, 5.74) is -3.16. The fourth-order valence-electron chi connectivity index (χ4n) is 2.81. The molecule has 0 heterocycles. The second-order valence-corrected chi connectivity index (χ2v) is 4.91. The zero-order valence-electron chi connectivity index (χ0n) is 8.67. The normalized spacial score (nSPS) is 36.7. The second-order valence-electron chi connectivity index (χ2n) is 4.91. The fourth-order valence-corrected chi connectivity index (χ4v) is 2.81. The Bertz CT molecular complexity index is 299. The molecule has 5 heteroatoms. The molecular weight excluding hydrogens is 224 g/mol. The van der Waals surface area contributed by atoms with Crippen molar-refractivity contribution in [3.05, 3.63) is 12.2 Å². The lowest BCUT2D eigenvalue weighted by Crippen LogP contribution is -2.49. The van der Waals surface area contributed by atoms with Crippen LogP contribution in [-0.4, -0.2) is 23.6 Å². The number of halogens is 4. The summed E-state index contributed by atoms with van der Waals surface area (Å²) in [6, 6.07) is 0. The first-order valence-corrected chi connectivity index (χ1v) is 5.39. The predicted molar refractivity (Wildman–Crippen MR) is 50.4 cm³/mol. The molecule has 4 unspecified atom stereocenters. The minimum absolute atomic E-state index is 0.0884. The van der Waals surface area contributed by atoms with Gasteiger partial charge in [0.05, 0.1) is 0 Å². The number of rotatable bonds is 3. The molecule has 0 aromatic carbocycles. The minimum atomic E-state index is -4.88. The van der Waals surface area contributed by atoms with Gasteiger partial charge in [-0.1, -0.05) is 12.2 Å². The van der Waals surface area contributed by atoms with Crippen LogP contribution in [0.1, 0.15) is 19.3 Å². The topological polar surface area (TPSA) is 20.2 Å². The number of hydrogen-bond acceptors (Lipinski definition) is 1. The quantitative estimate of drug-likeness (QED) is 0.592. The van der Waals surface area contributed by atoms with Crippen LogP contribution in [0.5, 0.6) is 0 Å². The van der Waals surface area contributed by atoms with Crippen molar-refractivity contribution < 1.29 is 22.7 Å². The Hall–Kier alpha value is -0.580. The lowest BCUT2D eigenvalue weighted by atomic mass is 9.83. The Kier molecular flexibility index (Phi) is 2.77. The van der Waals surface area contributed by atoms with Gasteiger partial charge in [-0.05, 0) is 37.0 Å². The van der Waals surface area contributed by atoms with E-state index in [1.165, 1.54) is 0 Å². The number of hydrogen-bond donors (Lipinski definition) is 1. The Labute approximate surface area is 91.1 Å². The summed E-state index contributed by atoms with van der Waals surface area (Å²) in [4.78, 5) is 0. The molecule has 2 bridgehead atoms. The molecular formula is C11H14F4O. The van der Waals surface area contributed by atoms with Gasteiger partial charge in [0.25, 0.3) is 0 Å². The van der Waals surface area contributed by atoms with Crippen LogP contribution in [0.25, 0.3) is 0 Å². The van der Waals surface area contributed by atoms with E-state index in [0.29, 0.717) is 12.3 Å². The summed E-state index contributed by atoms with van der Waals surface area (Å²) < 4.78 is 49.9. The summed E-state index contributed by atoms with van der Waals surface area (Å²) in [5, 5.41) is 9.32. The predicted octanol–water partition coefficient (Wildman–Crippen LogP) is 2.85. The largest absolute Gasteiger partial charge is 0.419 e. The van der Waals surface area contributed by atoms with E-state index in [-0.39, 0.29) is 11.8 Å².